The van der Waals surface area contributed by atoms with E-state index in [-0.39, 0.29) is 5.75 Å². The summed E-state index contributed by atoms with van der Waals surface area (Å²) in [6, 6.07) is 15.5. The van der Waals surface area contributed by atoms with Crippen LogP contribution in [0.1, 0.15) is 5.56 Å². The molecular weight excluding hydrogens is 202 g/mol. The lowest BCUT2D eigenvalue weighted by Gasteiger charge is -2.06. The Hall–Kier alpha value is -2.47. The van der Waals surface area contributed by atoms with Gasteiger partial charge in [0.25, 0.3) is 0 Å². The van der Waals surface area contributed by atoms with Gasteiger partial charge in [0, 0.05) is 0 Å². The highest BCUT2D eigenvalue weighted by Crippen LogP contribution is 2.29. The molecule has 0 radical (unpaired) electrons. The van der Waals surface area contributed by atoms with Gasteiger partial charge in [-0.2, -0.15) is 5.26 Å². The van der Waals surface area contributed by atoms with E-state index >= 15 is 0 Å². The first-order chi connectivity index (χ1) is 7.79. The third kappa shape index (κ3) is 2.12. The molecule has 1 N–H and O–H groups in total. The van der Waals surface area contributed by atoms with Gasteiger partial charge in [-0.15, -0.1) is 0 Å². The van der Waals surface area contributed by atoms with Crippen molar-refractivity contribution in [1.29, 1.82) is 5.26 Å². The minimum absolute atomic E-state index is 0.0739. The molecule has 2 aromatic carbocycles. The van der Waals surface area contributed by atoms with E-state index in [9.17, 15) is 5.11 Å². The molecule has 3 heteroatoms. The summed E-state index contributed by atoms with van der Waals surface area (Å²) >= 11 is 0. The van der Waals surface area contributed by atoms with Crippen molar-refractivity contribution >= 4 is 0 Å². The number of hydrogen-bond donors (Lipinski definition) is 1. The van der Waals surface area contributed by atoms with Crippen molar-refractivity contribution in [2.45, 2.75) is 0 Å². The number of aromatic hydroxyl groups is 1. The number of hydrogen-bond acceptors (Lipinski definition) is 3. The molecule has 0 aliphatic heterocycles. The topological polar surface area (TPSA) is 53.2 Å². The van der Waals surface area contributed by atoms with Gasteiger partial charge in [-0.1, -0.05) is 18.2 Å². The lowest BCUT2D eigenvalue weighted by atomic mass is 10.2. The second-order valence-corrected chi connectivity index (χ2v) is 3.21. The maximum Gasteiger partial charge on any atom is 0.169 e. The van der Waals surface area contributed by atoms with Crippen LogP contribution in [0.25, 0.3) is 0 Å². The maximum atomic E-state index is 9.51. The highest BCUT2D eigenvalue weighted by molar-refractivity contribution is 5.43. The molecule has 0 unspecified atom stereocenters. The third-order valence-corrected chi connectivity index (χ3v) is 2.06. The lowest BCUT2D eigenvalue weighted by Crippen LogP contribution is -1.85. The zero-order valence-corrected chi connectivity index (χ0v) is 8.42. The molecule has 0 saturated heterocycles. The zero-order chi connectivity index (χ0) is 11.4. The Kier molecular flexibility index (Phi) is 2.75. The van der Waals surface area contributed by atoms with Crippen molar-refractivity contribution in [1.82, 2.24) is 0 Å². The summed E-state index contributed by atoms with van der Waals surface area (Å²) in [5.74, 6) is 0.975. The van der Waals surface area contributed by atoms with Gasteiger partial charge in [0.1, 0.15) is 5.75 Å². The van der Waals surface area contributed by atoms with E-state index in [0.29, 0.717) is 17.1 Å². The molecule has 78 valence electrons. The molecule has 0 aliphatic rings. The van der Waals surface area contributed by atoms with E-state index in [1.54, 1.807) is 48.5 Å². The number of ether oxygens (including phenoxy) is 1. The van der Waals surface area contributed by atoms with Crippen LogP contribution in [-0.4, -0.2) is 5.11 Å². The highest BCUT2D eigenvalue weighted by Gasteiger charge is 2.02. The van der Waals surface area contributed by atoms with E-state index in [2.05, 4.69) is 0 Å². The molecule has 0 fully saturated rings. The van der Waals surface area contributed by atoms with Crippen LogP contribution in [0.4, 0.5) is 0 Å². The van der Waals surface area contributed by atoms with Crippen LogP contribution in [0.5, 0.6) is 17.2 Å². The predicted molar refractivity (Wildman–Crippen MR) is 59.3 cm³/mol. The van der Waals surface area contributed by atoms with E-state index in [4.69, 9.17) is 10.00 Å². The van der Waals surface area contributed by atoms with Gasteiger partial charge in [-0.05, 0) is 30.3 Å². The van der Waals surface area contributed by atoms with Gasteiger partial charge in [-0.3, -0.25) is 0 Å². The number of nitrogens with zero attached hydrogens (tertiary/aromatic N) is 1. The number of phenols is 1. The Labute approximate surface area is 93.2 Å². The molecule has 16 heavy (non-hydrogen) atoms. The van der Waals surface area contributed by atoms with Crippen LogP contribution >= 0.6 is 0 Å². The number of nitriles is 1. The van der Waals surface area contributed by atoms with Gasteiger partial charge in [0.2, 0.25) is 0 Å². The highest BCUT2D eigenvalue weighted by atomic mass is 16.5. The molecule has 0 bridgehead atoms. The second-order valence-electron chi connectivity index (χ2n) is 3.21. The molecule has 0 saturated carbocycles. The maximum absolute atomic E-state index is 9.51. The molecule has 2 rings (SSSR count). The summed E-state index contributed by atoms with van der Waals surface area (Å²) < 4.78 is 5.45. The van der Waals surface area contributed by atoms with Crippen molar-refractivity contribution in [2.75, 3.05) is 0 Å². The average molecular weight is 211 g/mol. The molecule has 2 aromatic rings. The minimum Gasteiger partial charge on any atom is -0.504 e. The summed E-state index contributed by atoms with van der Waals surface area (Å²) in [5.41, 5.74) is 0.521. The number of phenolic OH excluding ortho intramolecular Hbond substituents is 1. The molecule has 3 nitrogen and oxygen atoms in total. The summed E-state index contributed by atoms with van der Waals surface area (Å²) in [6.45, 7) is 0. The standard InChI is InChI=1S/C13H9NO2/c14-9-10-4-3-5-11(8-10)16-13-7-2-1-6-12(13)15/h1-8,15H. The largest absolute Gasteiger partial charge is 0.504 e. The van der Waals surface area contributed by atoms with Gasteiger partial charge in [-0.25, -0.2) is 0 Å². The third-order valence-electron chi connectivity index (χ3n) is 2.06. The number of benzene rings is 2. The predicted octanol–water partition coefficient (Wildman–Crippen LogP) is 3.06. The molecular formula is C13H9NO2. The molecule has 0 spiro atoms. The molecule has 0 amide bonds. The average Bonchev–Trinajstić information content (AvgIpc) is 2.32. The van der Waals surface area contributed by atoms with E-state index < -0.39 is 0 Å². The first kappa shape index (κ1) is 10.1. The van der Waals surface area contributed by atoms with Crippen molar-refractivity contribution in [3.63, 3.8) is 0 Å². The molecule has 0 atom stereocenters. The second kappa shape index (κ2) is 4.37. The van der Waals surface area contributed by atoms with E-state index in [1.807, 2.05) is 6.07 Å². The number of para-hydroxylation sites is 2. The summed E-state index contributed by atoms with van der Waals surface area (Å²) in [7, 11) is 0. The Morgan fingerprint density at radius 3 is 2.62 bits per heavy atom. The van der Waals surface area contributed by atoms with Crippen LogP contribution in [0, 0.1) is 11.3 Å². The summed E-state index contributed by atoms with van der Waals surface area (Å²) in [5, 5.41) is 18.2. The van der Waals surface area contributed by atoms with Gasteiger partial charge in [0.05, 0.1) is 11.6 Å². The SMILES string of the molecule is N#Cc1cccc(Oc2ccccc2O)c1. The quantitative estimate of drug-likeness (QED) is 0.830. The lowest BCUT2D eigenvalue weighted by molar-refractivity contribution is 0.411. The van der Waals surface area contributed by atoms with Gasteiger partial charge in [0.15, 0.2) is 11.5 Å². The number of rotatable bonds is 2. The van der Waals surface area contributed by atoms with Gasteiger partial charge >= 0.3 is 0 Å². The van der Waals surface area contributed by atoms with Crippen molar-refractivity contribution < 1.29 is 9.84 Å². The Morgan fingerprint density at radius 1 is 1.06 bits per heavy atom. The van der Waals surface area contributed by atoms with E-state index in [0.717, 1.165) is 0 Å². The molecule has 0 aromatic heterocycles. The minimum atomic E-state index is 0.0739. The summed E-state index contributed by atoms with van der Waals surface area (Å²) in [4.78, 5) is 0. The fourth-order valence-corrected chi connectivity index (χ4v) is 1.30. The van der Waals surface area contributed by atoms with Crippen LogP contribution in [0.15, 0.2) is 48.5 Å². The van der Waals surface area contributed by atoms with Crippen LogP contribution in [-0.2, 0) is 0 Å². The fourth-order valence-electron chi connectivity index (χ4n) is 1.30. The zero-order valence-electron chi connectivity index (χ0n) is 8.42. The molecule has 0 aliphatic carbocycles. The first-order valence-electron chi connectivity index (χ1n) is 4.75. The fraction of sp³-hybridized carbons (Fsp3) is 0. The van der Waals surface area contributed by atoms with Gasteiger partial charge < -0.3 is 9.84 Å². The van der Waals surface area contributed by atoms with Crippen molar-refractivity contribution in [2.24, 2.45) is 0 Å². The molecule has 0 heterocycles. The van der Waals surface area contributed by atoms with Crippen LogP contribution in [0.2, 0.25) is 0 Å². The first-order valence-corrected chi connectivity index (χ1v) is 4.75. The van der Waals surface area contributed by atoms with Crippen molar-refractivity contribution in [3.05, 3.63) is 54.1 Å². The normalized spacial score (nSPS) is 9.44. The van der Waals surface area contributed by atoms with E-state index in [1.165, 1.54) is 0 Å². The Balaban J connectivity index is 2.28. The monoisotopic (exact) mass is 211 g/mol. The van der Waals surface area contributed by atoms with Crippen LogP contribution < -0.4 is 4.74 Å². The summed E-state index contributed by atoms with van der Waals surface area (Å²) in [6.07, 6.45) is 0. The van der Waals surface area contributed by atoms with Crippen molar-refractivity contribution in [3.8, 4) is 23.3 Å². The smallest absolute Gasteiger partial charge is 0.169 e. The Morgan fingerprint density at radius 2 is 1.88 bits per heavy atom. The van der Waals surface area contributed by atoms with Crippen LogP contribution in [0.3, 0.4) is 0 Å². The Bertz CT molecular complexity index is 544.